The number of hydrogen-bond donors (Lipinski definition) is 4. The number of unbranched alkanes of at least 4 members (excludes halogenated alkanes) is 2. The number of aromatic nitrogens is 4. The molecule has 4 atom stereocenters. The average molecular weight is 375 g/mol. The van der Waals surface area contributed by atoms with Crippen molar-refractivity contribution in [3.8, 4) is 0 Å². The molecule has 2 aromatic rings. The van der Waals surface area contributed by atoms with Gasteiger partial charge in [-0.1, -0.05) is 26.3 Å². The molecular formula is C18H25N5O4. The predicted molar refractivity (Wildman–Crippen MR) is 99.4 cm³/mol. The van der Waals surface area contributed by atoms with E-state index >= 15 is 0 Å². The van der Waals surface area contributed by atoms with Crippen molar-refractivity contribution < 1.29 is 20.1 Å². The third-order valence-corrected chi connectivity index (χ3v) is 4.75. The van der Waals surface area contributed by atoms with Gasteiger partial charge >= 0.3 is 0 Å². The SMILES string of the molecule is C=C=C(CCCCC)c1nc(N)c2ncn([C@@H]3O[C@H](CO)[C@@H](O)[C@H]3O)c2n1. The van der Waals surface area contributed by atoms with E-state index in [1.54, 1.807) is 0 Å². The molecular weight excluding hydrogens is 350 g/mol. The van der Waals surface area contributed by atoms with E-state index in [0.717, 1.165) is 31.3 Å². The maximum Gasteiger partial charge on any atom is 0.168 e. The molecule has 0 amide bonds. The first-order valence-corrected chi connectivity index (χ1v) is 9.03. The lowest BCUT2D eigenvalue weighted by molar-refractivity contribution is -0.0511. The molecule has 3 rings (SSSR count). The number of anilines is 1. The summed E-state index contributed by atoms with van der Waals surface area (Å²) in [5, 5.41) is 29.6. The number of allylic oxidation sites excluding steroid dienone is 1. The Labute approximate surface area is 156 Å². The zero-order chi connectivity index (χ0) is 19.6. The Bertz CT molecular complexity index is 861. The molecule has 2 aromatic heterocycles. The van der Waals surface area contributed by atoms with Crippen LogP contribution in [-0.2, 0) is 4.74 Å². The lowest BCUT2D eigenvalue weighted by Gasteiger charge is -2.17. The number of aliphatic hydroxyl groups is 3. The van der Waals surface area contributed by atoms with Crippen LogP contribution in [0.5, 0.6) is 0 Å². The van der Waals surface area contributed by atoms with Crippen LogP contribution in [0.4, 0.5) is 5.82 Å². The summed E-state index contributed by atoms with van der Waals surface area (Å²) in [6.45, 7) is 5.44. The normalized spacial score (nSPS) is 25.0. The summed E-state index contributed by atoms with van der Waals surface area (Å²) in [7, 11) is 0. The Balaban J connectivity index is 1.99. The van der Waals surface area contributed by atoms with Gasteiger partial charge in [-0.25, -0.2) is 15.0 Å². The third-order valence-electron chi connectivity index (χ3n) is 4.75. The highest BCUT2D eigenvalue weighted by atomic mass is 16.6. The molecule has 1 aliphatic rings. The topological polar surface area (TPSA) is 140 Å². The smallest absolute Gasteiger partial charge is 0.168 e. The minimum Gasteiger partial charge on any atom is -0.394 e. The van der Waals surface area contributed by atoms with Gasteiger partial charge in [-0.3, -0.25) is 4.57 Å². The Morgan fingerprint density at radius 3 is 2.74 bits per heavy atom. The Morgan fingerprint density at radius 1 is 1.33 bits per heavy atom. The maximum absolute atomic E-state index is 10.3. The van der Waals surface area contributed by atoms with Gasteiger partial charge in [0.15, 0.2) is 23.5 Å². The summed E-state index contributed by atoms with van der Waals surface area (Å²) in [6, 6.07) is 0. The largest absolute Gasteiger partial charge is 0.394 e. The molecule has 146 valence electrons. The lowest BCUT2D eigenvalue weighted by Crippen LogP contribution is -2.33. The van der Waals surface area contributed by atoms with Crippen molar-refractivity contribution in [2.45, 2.75) is 57.1 Å². The molecule has 0 spiro atoms. The van der Waals surface area contributed by atoms with E-state index in [9.17, 15) is 15.3 Å². The monoisotopic (exact) mass is 375 g/mol. The number of ether oxygens (including phenoxy) is 1. The number of hydrogen-bond acceptors (Lipinski definition) is 8. The third kappa shape index (κ3) is 3.60. The van der Waals surface area contributed by atoms with Gasteiger partial charge in [0.1, 0.15) is 23.8 Å². The van der Waals surface area contributed by atoms with Gasteiger partial charge in [-0.2, -0.15) is 0 Å². The fourth-order valence-corrected chi connectivity index (χ4v) is 3.20. The van der Waals surface area contributed by atoms with Gasteiger partial charge in [-0.05, 0) is 12.8 Å². The zero-order valence-corrected chi connectivity index (χ0v) is 15.2. The first kappa shape index (κ1) is 19.5. The van der Waals surface area contributed by atoms with Gasteiger partial charge < -0.3 is 25.8 Å². The van der Waals surface area contributed by atoms with Crippen LogP contribution in [0.3, 0.4) is 0 Å². The lowest BCUT2D eigenvalue weighted by atomic mass is 10.1. The van der Waals surface area contributed by atoms with Gasteiger partial charge in [-0.15, -0.1) is 5.73 Å². The second-order valence-corrected chi connectivity index (χ2v) is 6.60. The van der Waals surface area contributed by atoms with Crippen molar-refractivity contribution in [3.05, 3.63) is 24.5 Å². The number of fused-ring (bicyclic) bond motifs is 1. The van der Waals surface area contributed by atoms with Crippen molar-refractivity contribution >= 4 is 22.6 Å². The quantitative estimate of drug-likeness (QED) is 0.411. The van der Waals surface area contributed by atoms with E-state index in [0.29, 0.717) is 17.0 Å². The van der Waals surface area contributed by atoms with Crippen LogP contribution in [0, 0.1) is 0 Å². The van der Waals surface area contributed by atoms with E-state index in [4.69, 9.17) is 10.5 Å². The molecule has 1 saturated heterocycles. The fourth-order valence-electron chi connectivity index (χ4n) is 3.20. The van der Waals surface area contributed by atoms with Crippen LogP contribution < -0.4 is 5.73 Å². The number of rotatable bonds is 7. The second kappa shape index (κ2) is 8.16. The van der Waals surface area contributed by atoms with E-state index in [1.165, 1.54) is 10.9 Å². The summed E-state index contributed by atoms with van der Waals surface area (Å²) in [5.74, 6) is 0.600. The van der Waals surface area contributed by atoms with Gasteiger partial charge in [0.25, 0.3) is 0 Å². The molecule has 1 fully saturated rings. The second-order valence-electron chi connectivity index (χ2n) is 6.60. The molecule has 0 saturated carbocycles. The number of imidazole rings is 1. The molecule has 9 nitrogen and oxygen atoms in total. The molecule has 5 N–H and O–H groups in total. The highest BCUT2D eigenvalue weighted by molar-refractivity contribution is 5.83. The van der Waals surface area contributed by atoms with E-state index in [2.05, 4.69) is 34.2 Å². The maximum atomic E-state index is 10.3. The van der Waals surface area contributed by atoms with E-state index in [-0.39, 0.29) is 5.82 Å². The van der Waals surface area contributed by atoms with Crippen molar-refractivity contribution in [1.29, 1.82) is 0 Å². The minimum absolute atomic E-state index is 0.198. The van der Waals surface area contributed by atoms with Crippen molar-refractivity contribution in [2.24, 2.45) is 0 Å². The summed E-state index contributed by atoms with van der Waals surface area (Å²) in [4.78, 5) is 13.1. The Kier molecular flexibility index (Phi) is 5.88. The molecule has 0 aromatic carbocycles. The van der Waals surface area contributed by atoms with E-state index < -0.39 is 31.1 Å². The van der Waals surface area contributed by atoms with Crippen molar-refractivity contribution in [1.82, 2.24) is 19.5 Å². The number of nitrogens with zero attached hydrogens (tertiary/aromatic N) is 4. The molecule has 0 radical (unpaired) electrons. The van der Waals surface area contributed by atoms with Crippen LogP contribution in [0.15, 0.2) is 18.6 Å². The molecule has 0 bridgehead atoms. The standard InChI is InChI=1S/C18H25N5O4/c1-3-5-6-7-10(4-2)16-21-15(19)12-17(22-16)23(9-20-12)18-14(26)13(25)11(8-24)27-18/h9,11,13-14,18,24-26H,2-3,5-8H2,1H3,(H2,19,21,22)/t11-,13-,14-,18-/m1/s1. The molecule has 0 aliphatic carbocycles. The molecule has 3 heterocycles. The number of nitrogen functional groups attached to an aromatic ring is 1. The molecule has 1 aliphatic heterocycles. The van der Waals surface area contributed by atoms with Crippen molar-refractivity contribution in [2.75, 3.05) is 12.3 Å². The predicted octanol–water partition coefficient (Wildman–Crippen LogP) is 0.769. The molecule has 9 heteroatoms. The highest BCUT2D eigenvalue weighted by Crippen LogP contribution is 2.32. The van der Waals surface area contributed by atoms with Crippen LogP contribution in [0.25, 0.3) is 16.7 Å². The number of aliphatic hydroxyl groups excluding tert-OH is 3. The van der Waals surface area contributed by atoms with Crippen LogP contribution in [-0.4, -0.2) is 59.8 Å². The van der Waals surface area contributed by atoms with Crippen LogP contribution in [0.1, 0.15) is 44.7 Å². The Morgan fingerprint density at radius 2 is 2.11 bits per heavy atom. The van der Waals surface area contributed by atoms with Gasteiger partial charge in [0, 0.05) is 5.57 Å². The minimum atomic E-state index is -1.24. The van der Waals surface area contributed by atoms with Gasteiger partial charge in [0.05, 0.1) is 12.9 Å². The summed E-state index contributed by atoms with van der Waals surface area (Å²) >= 11 is 0. The van der Waals surface area contributed by atoms with Gasteiger partial charge in [0.2, 0.25) is 0 Å². The average Bonchev–Trinajstić information content (AvgIpc) is 3.21. The summed E-state index contributed by atoms with van der Waals surface area (Å²) in [6.07, 6.45) is 0.988. The first-order chi connectivity index (χ1) is 13.0. The highest BCUT2D eigenvalue weighted by Gasteiger charge is 2.44. The summed E-state index contributed by atoms with van der Waals surface area (Å²) < 4.78 is 7.06. The first-order valence-electron chi connectivity index (χ1n) is 9.03. The fraction of sp³-hybridized carbons (Fsp3) is 0.556. The Hall–Kier alpha value is -2.29. The number of nitrogens with two attached hydrogens (primary N) is 1. The van der Waals surface area contributed by atoms with Crippen molar-refractivity contribution in [3.63, 3.8) is 0 Å². The van der Waals surface area contributed by atoms with Crippen LogP contribution >= 0.6 is 0 Å². The molecule has 0 unspecified atom stereocenters. The van der Waals surface area contributed by atoms with E-state index in [1.807, 2.05) is 0 Å². The molecule has 27 heavy (non-hydrogen) atoms. The van der Waals surface area contributed by atoms with Crippen LogP contribution in [0.2, 0.25) is 0 Å². The zero-order valence-electron chi connectivity index (χ0n) is 15.2. The summed E-state index contributed by atoms with van der Waals surface area (Å²) in [5.41, 5.74) is 10.4.